The maximum Gasteiger partial charge on any atom is 0.294 e. The van der Waals surface area contributed by atoms with E-state index in [0.717, 1.165) is 30.7 Å². The van der Waals surface area contributed by atoms with Gasteiger partial charge in [0.15, 0.2) is 15.6 Å². The maximum absolute atomic E-state index is 12.8. The molecule has 1 amide bonds. The molecule has 162 valence electrons. The second-order valence-electron chi connectivity index (χ2n) is 6.76. The average molecular weight is 460 g/mol. The number of amides is 1. The van der Waals surface area contributed by atoms with Gasteiger partial charge >= 0.3 is 0 Å². The molecule has 0 saturated heterocycles. The van der Waals surface area contributed by atoms with Crippen molar-refractivity contribution in [1.82, 2.24) is 10.4 Å². The zero-order chi connectivity index (χ0) is 22.6. The smallest absolute Gasteiger partial charge is 0.294 e. The Morgan fingerprint density at radius 3 is 2.55 bits per heavy atom. The number of nitrogens with zero attached hydrogens (tertiary/aromatic N) is 2. The Morgan fingerprint density at radius 1 is 1.26 bits per heavy atom. The van der Waals surface area contributed by atoms with E-state index in [1.165, 1.54) is 24.3 Å². The zero-order valence-electron chi connectivity index (χ0n) is 16.7. The third-order valence-corrected chi connectivity index (χ3v) is 5.85. The Hall–Kier alpha value is -3.31. The van der Waals surface area contributed by atoms with Crippen LogP contribution in [0.5, 0.6) is 5.75 Å². The molecule has 0 atom stereocenters. The van der Waals surface area contributed by atoms with Gasteiger partial charge in [0.05, 0.1) is 11.4 Å². The molecule has 1 heterocycles. The van der Waals surface area contributed by atoms with Gasteiger partial charge in [-0.3, -0.25) is 15.2 Å². The molecule has 4 N–H and O–H groups in total. The molecule has 1 aliphatic heterocycles. The molecule has 0 radical (unpaired) electrons. The summed E-state index contributed by atoms with van der Waals surface area (Å²) in [4.78, 5) is 23.3. The lowest BCUT2D eigenvalue weighted by atomic mass is 10.1. The number of rotatable bonds is 7. The summed E-state index contributed by atoms with van der Waals surface area (Å²) < 4.78 is 23.5. The first-order chi connectivity index (χ1) is 14.6. The number of carbonyl (C=O) groups is 1. The van der Waals surface area contributed by atoms with Gasteiger partial charge in [0.2, 0.25) is 5.96 Å². The van der Waals surface area contributed by atoms with E-state index >= 15 is 0 Å². The van der Waals surface area contributed by atoms with Crippen LogP contribution >= 0.6 is 12.2 Å². The lowest BCUT2D eigenvalue weighted by Crippen LogP contribution is -2.43. The predicted octanol–water partition coefficient (Wildman–Crippen LogP) is 1.53. The molecule has 0 spiro atoms. The number of amidine groups is 1. The third kappa shape index (κ3) is 5.64. The summed E-state index contributed by atoms with van der Waals surface area (Å²) in [5.74, 6) is -0.316. The van der Waals surface area contributed by atoms with Crippen LogP contribution in [0.1, 0.15) is 22.3 Å². The molecule has 31 heavy (non-hydrogen) atoms. The molecule has 2 aromatic carbocycles. The van der Waals surface area contributed by atoms with Gasteiger partial charge in [0.1, 0.15) is 5.84 Å². The largest absolute Gasteiger partial charge is 0.372 e. The van der Waals surface area contributed by atoms with Crippen LogP contribution in [-0.4, -0.2) is 55.4 Å². The Balaban J connectivity index is 1.75. The molecule has 2 aromatic rings. The summed E-state index contributed by atoms with van der Waals surface area (Å²) in [6.45, 7) is 1.56. The highest BCUT2D eigenvalue weighted by Crippen LogP contribution is 2.18. The maximum atomic E-state index is 12.8. The standard InChI is InChI=1S/C20H21N5O4S2/c1-31(27,28)16-4-2-3-14(11-16)19(26)25(20(21)22)29-15-7-5-13(6-8-15)17(30)12-18-23-9-10-24-18/h2-8,11H,9-10,12H2,1H3,(H3,21,22)(H,23,24). The topological polar surface area (TPSA) is 138 Å². The second kappa shape index (κ2) is 9.23. The van der Waals surface area contributed by atoms with Crippen molar-refractivity contribution >= 4 is 44.6 Å². The average Bonchev–Trinajstić information content (AvgIpc) is 3.24. The molecule has 0 aromatic heterocycles. The highest BCUT2D eigenvalue weighted by molar-refractivity contribution is 7.90. The molecule has 3 rings (SSSR count). The van der Waals surface area contributed by atoms with Crippen molar-refractivity contribution in [3.8, 4) is 5.75 Å². The SMILES string of the molecule is CS(=O)(=O)c1cccc(C(=O)N(Oc2ccc(C(=S)CC3=NCCN3)cc2)C(=N)N)c1. The minimum atomic E-state index is -3.51. The summed E-state index contributed by atoms with van der Waals surface area (Å²) >= 11 is 5.45. The quantitative estimate of drug-likeness (QED) is 0.188. The van der Waals surface area contributed by atoms with E-state index in [4.69, 9.17) is 28.2 Å². The number of thiocarbonyl (C=S) groups is 1. The van der Waals surface area contributed by atoms with Gasteiger partial charge in [-0.05, 0) is 35.9 Å². The number of hydroxylamine groups is 2. The number of nitrogens with one attached hydrogen (secondary N) is 2. The van der Waals surface area contributed by atoms with Crippen molar-refractivity contribution in [2.45, 2.75) is 11.3 Å². The summed E-state index contributed by atoms with van der Waals surface area (Å²) in [5.41, 5.74) is 6.34. The van der Waals surface area contributed by atoms with Crippen LogP contribution in [0.25, 0.3) is 0 Å². The van der Waals surface area contributed by atoms with Crippen molar-refractivity contribution in [3.05, 3.63) is 59.7 Å². The van der Waals surface area contributed by atoms with Crippen LogP contribution in [0.4, 0.5) is 0 Å². The number of nitrogens with two attached hydrogens (primary N) is 1. The Bertz CT molecular complexity index is 1160. The molecule has 0 aliphatic carbocycles. The monoisotopic (exact) mass is 459 g/mol. The molecule has 1 aliphatic rings. The van der Waals surface area contributed by atoms with Crippen molar-refractivity contribution in [2.24, 2.45) is 10.7 Å². The van der Waals surface area contributed by atoms with E-state index in [0.29, 0.717) is 16.3 Å². The van der Waals surface area contributed by atoms with Gasteiger partial charge in [-0.2, -0.15) is 0 Å². The summed E-state index contributed by atoms with van der Waals surface area (Å²) in [6.07, 6.45) is 1.57. The molecular formula is C20H21N5O4S2. The van der Waals surface area contributed by atoms with E-state index in [-0.39, 0.29) is 16.2 Å². The summed E-state index contributed by atoms with van der Waals surface area (Å²) in [6, 6.07) is 12.1. The van der Waals surface area contributed by atoms with Crippen molar-refractivity contribution in [3.63, 3.8) is 0 Å². The highest BCUT2D eigenvalue weighted by Gasteiger charge is 2.23. The first kappa shape index (κ1) is 22.4. The Morgan fingerprint density at radius 2 is 1.97 bits per heavy atom. The lowest BCUT2D eigenvalue weighted by molar-refractivity contribution is 0.0153. The van der Waals surface area contributed by atoms with Gasteiger partial charge in [-0.25, -0.2) is 8.42 Å². The van der Waals surface area contributed by atoms with E-state index < -0.39 is 21.7 Å². The molecule has 0 fully saturated rings. The number of guanidine groups is 1. The van der Waals surface area contributed by atoms with E-state index in [1.54, 1.807) is 24.3 Å². The lowest BCUT2D eigenvalue weighted by Gasteiger charge is -2.20. The van der Waals surface area contributed by atoms with E-state index in [1.807, 2.05) is 0 Å². The fraction of sp³-hybridized carbons (Fsp3) is 0.200. The van der Waals surface area contributed by atoms with Crippen molar-refractivity contribution in [1.29, 1.82) is 5.41 Å². The van der Waals surface area contributed by atoms with Crippen LogP contribution in [0.2, 0.25) is 0 Å². The van der Waals surface area contributed by atoms with Crippen molar-refractivity contribution < 1.29 is 18.0 Å². The fourth-order valence-electron chi connectivity index (χ4n) is 2.80. The molecular weight excluding hydrogens is 438 g/mol. The van der Waals surface area contributed by atoms with E-state index in [9.17, 15) is 13.2 Å². The molecule has 0 saturated carbocycles. The second-order valence-corrected chi connectivity index (χ2v) is 9.26. The van der Waals surface area contributed by atoms with Gasteiger partial charge in [0, 0.05) is 29.6 Å². The highest BCUT2D eigenvalue weighted by atomic mass is 32.2. The van der Waals surface area contributed by atoms with Gasteiger partial charge in [0.25, 0.3) is 5.91 Å². The number of benzene rings is 2. The minimum Gasteiger partial charge on any atom is -0.372 e. The predicted molar refractivity (Wildman–Crippen MR) is 121 cm³/mol. The molecule has 11 heteroatoms. The molecule has 0 bridgehead atoms. The van der Waals surface area contributed by atoms with E-state index in [2.05, 4.69) is 10.3 Å². The number of sulfone groups is 1. The number of hydrogen-bond donors (Lipinski definition) is 3. The number of carbonyl (C=O) groups excluding carboxylic acids is 1. The Labute approximate surface area is 185 Å². The normalized spacial score (nSPS) is 13.1. The van der Waals surface area contributed by atoms with Crippen molar-refractivity contribution in [2.75, 3.05) is 19.3 Å². The fourth-order valence-corrected chi connectivity index (χ4v) is 3.74. The van der Waals surface area contributed by atoms with Gasteiger partial charge in [-0.15, -0.1) is 5.06 Å². The van der Waals surface area contributed by atoms with Crippen LogP contribution in [-0.2, 0) is 9.84 Å². The van der Waals surface area contributed by atoms with Crippen LogP contribution in [0.15, 0.2) is 58.4 Å². The molecule has 9 nitrogen and oxygen atoms in total. The number of hydrogen-bond acceptors (Lipinski definition) is 8. The first-order valence-electron chi connectivity index (χ1n) is 9.22. The van der Waals surface area contributed by atoms with Gasteiger partial charge < -0.3 is 15.9 Å². The summed E-state index contributed by atoms with van der Waals surface area (Å²) in [5, 5.41) is 11.4. The molecule has 0 unspecified atom stereocenters. The number of aliphatic imine (C=N–C) groups is 1. The van der Waals surface area contributed by atoms with Gasteiger partial charge in [-0.1, -0.05) is 30.4 Å². The van der Waals surface area contributed by atoms with Crippen LogP contribution in [0, 0.1) is 5.41 Å². The van der Waals surface area contributed by atoms with Crippen LogP contribution in [0.3, 0.4) is 0 Å². The summed E-state index contributed by atoms with van der Waals surface area (Å²) in [7, 11) is -3.51. The first-order valence-corrected chi connectivity index (χ1v) is 11.5. The zero-order valence-corrected chi connectivity index (χ0v) is 18.3. The third-order valence-electron chi connectivity index (χ3n) is 4.36. The minimum absolute atomic E-state index is 0.0146. The van der Waals surface area contributed by atoms with Crippen LogP contribution < -0.4 is 15.9 Å². The Kier molecular flexibility index (Phi) is 6.66.